The van der Waals surface area contributed by atoms with Crippen LogP contribution in [0.15, 0.2) is 0 Å². The molecule has 1 heteroatoms. The summed E-state index contributed by atoms with van der Waals surface area (Å²) in [5.74, 6) is 1.10. The quantitative estimate of drug-likeness (QED) is 0.288. The molecule has 0 aromatic heterocycles. The minimum absolute atomic E-state index is 1.10. The van der Waals surface area contributed by atoms with Gasteiger partial charge in [-0.05, 0) is 44.8 Å². The van der Waals surface area contributed by atoms with Crippen LogP contribution in [0.25, 0.3) is 0 Å². The zero-order chi connectivity index (χ0) is 16.6. The van der Waals surface area contributed by atoms with Crippen molar-refractivity contribution in [2.45, 2.75) is 117 Å². The van der Waals surface area contributed by atoms with Crippen LogP contribution in [0.3, 0.4) is 0 Å². The summed E-state index contributed by atoms with van der Waals surface area (Å²) in [6.45, 7) is 8.54. The summed E-state index contributed by atoms with van der Waals surface area (Å²) in [4.78, 5) is 2.66. The second kappa shape index (κ2) is 15.5. The molecule has 0 amide bonds. The monoisotopic (exact) mass is 323 g/mol. The smallest absolute Gasteiger partial charge is 0.00187 e. The summed E-state index contributed by atoms with van der Waals surface area (Å²) in [5.41, 5.74) is 0. The van der Waals surface area contributed by atoms with E-state index < -0.39 is 0 Å². The maximum atomic E-state index is 2.66. The first-order valence-corrected chi connectivity index (χ1v) is 11.1. The predicted molar refractivity (Wildman–Crippen MR) is 105 cm³/mol. The zero-order valence-corrected chi connectivity index (χ0v) is 16.5. The third-order valence-electron chi connectivity index (χ3n) is 5.64. The SMILES string of the molecule is CCCN(CCC)CCCCCCCCCCC1CCCCC1. The van der Waals surface area contributed by atoms with Crippen molar-refractivity contribution in [3.05, 3.63) is 0 Å². The minimum Gasteiger partial charge on any atom is -0.303 e. The Bertz CT molecular complexity index is 226. The van der Waals surface area contributed by atoms with E-state index in [2.05, 4.69) is 18.7 Å². The molecule has 1 fully saturated rings. The number of hydrogen-bond donors (Lipinski definition) is 0. The summed E-state index contributed by atoms with van der Waals surface area (Å²) >= 11 is 0. The van der Waals surface area contributed by atoms with Crippen LogP contribution in [0, 0.1) is 5.92 Å². The molecule has 0 radical (unpaired) electrons. The molecule has 0 N–H and O–H groups in total. The first kappa shape index (κ1) is 21.0. The number of hydrogen-bond acceptors (Lipinski definition) is 1. The van der Waals surface area contributed by atoms with Gasteiger partial charge in [0.2, 0.25) is 0 Å². The summed E-state index contributed by atoms with van der Waals surface area (Å²) in [7, 11) is 0. The first-order chi connectivity index (χ1) is 11.4. The predicted octanol–water partition coefficient (Wildman–Crippen LogP) is 7.20. The van der Waals surface area contributed by atoms with Gasteiger partial charge in [-0.25, -0.2) is 0 Å². The van der Waals surface area contributed by atoms with Crippen molar-refractivity contribution in [3.63, 3.8) is 0 Å². The van der Waals surface area contributed by atoms with Crippen LogP contribution in [-0.2, 0) is 0 Å². The van der Waals surface area contributed by atoms with E-state index in [0.29, 0.717) is 0 Å². The summed E-state index contributed by atoms with van der Waals surface area (Å²) in [6, 6.07) is 0. The molecule has 0 spiro atoms. The van der Waals surface area contributed by atoms with Gasteiger partial charge in [0, 0.05) is 0 Å². The zero-order valence-electron chi connectivity index (χ0n) is 16.5. The van der Waals surface area contributed by atoms with Crippen LogP contribution in [0.2, 0.25) is 0 Å². The highest BCUT2D eigenvalue weighted by atomic mass is 15.1. The summed E-state index contributed by atoms with van der Waals surface area (Å²) in [5, 5.41) is 0. The van der Waals surface area contributed by atoms with E-state index in [9.17, 15) is 0 Å². The molecule has 0 aromatic rings. The van der Waals surface area contributed by atoms with Gasteiger partial charge in [-0.3, -0.25) is 0 Å². The standard InChI is InChI=1S/C22H45N/c1-3-19-23(20-4-2)21-15-10-8-6-5-7-9-12-16-22-17-13-11-14-18-22/h22H,3-21H2,1-2H3. The highest BCUT2D eigenvalue weighted by Gasteiger charge is 2.12. The molecular weight excluding hydrogens is 278 g/mol. The van der Waals surface area contributed by atoms with Crippen molar-refractivity contribution in [1.29, 1.82) is 0 Å². The van der Waals surface area contributed by atoms with E-state index in [0.717, 1.165) is 5.92 Å². The van der Waals surface area contributed by atoms with Gasteiger partial charge in [0.1, 0.15) is 0 Å². The fourth-order valence-corrected chi connectivity index (χ4v) is 4.27. The lowest BCUT2D eigenvalue weighted by molar-refractivity contribution is 0.267. The van der Waals surface area contributed by atoms with Gasteiger partial charge in [-0.2, -0.15) is 0 Å². The number of unbranched alkanes of at least 4 members (excludes halogenated alkanes) is 7. The molecule has 1 aliphatic carbocycles. The molecule has 0 aliphatic heterocycles. The van der Waals surface area contributed by atoms with Gasteiger partial charge in [-0.1, -0.05) is 97.3 Å². The van der Waals surface area contributed by atoms with Crippen LogP contribution >= 0.6 is 0 Å². The van der Waals surface area contributed by atoms with E-state index in [4.69, 9.17) is 0 Å². The van der Waals surface area contributed by atoms with Gasteiger partial charge in [0.05, 0.1) is 0 Å². The van der Waals surface area contributed by atoms with E-state index >= 15 is 0 Å². The third-order valence-corrected chi connectivity index (χ3v) is 5.64. The van der Waals surface area contributed by atoms with Crippen molar-refractivity contribution >= 4 is 0 Å². The summed E-state index contributed by atoms with van der Waals surface area (Å²) in [6.07, 6.45) is 23.5. The average molecular weight is 324 g/mol. The highest BCUT2D eigenvalue weighted by Crippen LogP contribution is 2.28. The molecule has 0 bridgehead atoms. The number of rotatable bonds is 15. The fraction of sp³-hybridized carbons (Fsp3) is 1.00. The van der Waals surface area contributed by atoms with Crippen molar-refractivity contribution < 1.29 is 0 Å². The molecule has 1 saturated carbocycles. The lowest BCUT2D eigenvalue weighted by Gasteiger charge is -2.21. The summed E-state index contributed by atoms with van der Waals surface area (Å²) < 4.78 is 0. The molecule has 1 nitrogen and oxygen atoms in total. The molecule has 0 unspecified atom stereocenters. The van der Waals surface area contributed by atoms with E-state index in [1.54, 1.807) is 0 Å². The van der Waals surface area contributed by atoms with Gasteiger partial charge in [0.15, 0.2) is 0 Å². The second-order valence-electron chi connectivity index (χ2n) is 7.96. The van der Waals surface area contributed by atoms with Crippen LogP contribution in [0.1, 0.15) is 117 Å². The van der Waals surface area contributed by atoms with E-state index in [1.807, 2.05) is 0 Å². The molecule has 1 aliphatic rings. The molecule has 0 saturated heterocycles. The molecular formula is C22H45N. The lowest BCUT2D eigenvalue weighted by Crippen LogP contribution is -2.26. The van der Waals surface area contributed by atoms with Crippen molar-refractivity contribution in [1.82, 2.24) is 4.90 Å². The Morgan fingerprint density at radius 1 is 0.609 bits per heavy atom. The van der Waals surface area contributed by atoms with Crippen LogP contribution in [-0.4, -0.2) is 24.5 Å². The third kappa shape index (κ3) is 12.0. The van der Waals surface area contributed by atoms with Crippen LogP contribution in [0.5, 0.6) is 0 Å². The van der Waals surface area contributed by atoms with Crippen LogP contribution < -0.4 is 0 Å². The van der Waals surface area contributed by atoms with E-state index in [1.165, 1.54) is 122 Å². The molecule has 1 rings (SSSR count). The topological polar surface area (TPSA) is 3.24 Å². The van der Waals surface area contributed by atoms with E-state index in [-0.39, 0.29) is 0 Å². The Hall–Kier alpha value is -0.0400. The Kier molecular flexibility index (Phi) is 14.1. The maximum Gasteiger partial charge on any atom is -0.00187 e. The average Bonchev–Trinajstić information content (AvgIpc) is 2.58. The molecule has 23 heavy (non-hydrogen) atoms. The first-order valence-electron chi connectivity index (χ1n) is 11.1. The Labute approximate surface area is 147 Å². The minimum atomic E-state index is 1.10. The lowest BCUT2D eigenvalue weighted by atomic mass is 9.85. The highest BCUT2D eigenvalue weighted by molar-refractivity contribution is 4.65. The van der Waals surface area contributed by atoms with Gasteiger partial charge < -0.3 is 4.90 Å². The Morgan fingerprint density at radius 2 is 1.13 bits per heavy atom. The van der Waals surface area contributed by atoms with Gasteiger partial charge in [0.25, 0.3) is 0 Å². The molecule has 0 heterocycles. The maximum absolute atomic E-state index is 2.66. The Morgan fingerprint density at radius 3 is 1.70 bits per heavy atom. The van der Waals surface area contributed by atoms with Gasteiger partial charge >= 0.3 is 0 Å². The van der Waals surface area contributed by atoms with Crippen molar-refractivity contribution in [2.75, 3.05) is 19.6 Å². The number of nitrogens with zero attached hydrogens (tertiary/aromatic N) is 1. The van der Waals surface area contributed by atoms with Crippen molar-refractivity contribution in [3.8, 4) is 0 Å². The molecule has 138 valence electrons. The van der Waals surface area contributed by atoms with Crippen LogP contribution in [0.4, 0.5) is 0 Å². The Balaban J connectivity index is 1.80. The molecule has 0 aromatic carbocycles. The largest absolute Gasteiger partial charge is 0.303 e. The normalized spacial score (nSPS) is 16.3. The second-order valence-corrected chi connectivity index (χ2v) is 7.96. The van der Waals surface area contributed by atoms with Crippen molar-refractivity contribution in [2.24, 2.45) is 5.92 Å². The fourth-order valence-electron chi connectivity index (χ4n) is 4.27. The molecule has 0 atom stereocenters. The van der Waals surface area contributed by atoms with Gasteiger partial charge in [-0.15, -0.1) is 0 Å².